The summed E-state index contributed by atoms with van der Waals surface area (Å²) in [6.07, 6.45) is 0. The molecule has 0 amide bonds. The Morgan fingerprint density at radius 3 is 2.39 bits per heavy atom. The number of aryl methyl sites for hydroxylation is 3. The molecule has 2 rings (SSSR count). The van der Waals surface area contributed by atoms with Crippen molar-refractivity contribution in [3.8, 4) is 11.3 Å². The van der Waals surface area contributed by atoms with E-state index in [1.165, 1.54) is 0 Å². The molecule has 2 aromatic rings. The molecule has 6 heteroatoms. The van der Waals surface area contributed by atoms with Crippen molar-refractivity contribution in [1.29, 1.82) is 0 Å². The summed E-state index contributed by atoms with van der Waals surface area (Å²) in [6.45, 7) is 7.25. The highest BCUT2D eigenvalue weighted by Gasteiger charge is 2.26. The number of rotatable bonds is 3. The van der Waals surface area contributed by atoms with Crippen LogP contribution in [0.1, 0.15) is 34.5 Å². The second-order valence-corrected chi connectivity index (χ2v) is 3.88. The van der Waals surface area contributed by atoms with E-state index < -0.39 is 5.97 Å². The topological polar surface area (TPSA) is 78.4 Å². The first-order valence-electron chi connectivity index (χ1n) is 5.62. The van der Waals surface area contributed by atoms with Crippen LogP contribution in [0.5, 0.6) is 0 Å². The number of carbonyl (C=O) groups excluding carboxylic acids is 1. The van der Waals surface area contributed by atoms with Crippen molar-refractivity contribution in [1.82, 2.24) is 10.3 Å². The van der Waals surface area contributed by atoms with Gasteiger partial charge in [0.2, 0.25) is 0 Å². The van der Waals surface area contributed by atoms with Crippen LogP contribution in [0.2, 0.25) is 0 Å². The molecule has 0 aliphatic rings. The first-order valence-corrected chi connectivity index (χ1v) is 5.62. The summed E-state index contributed by atoms with van der Waals surface area (Å²) < 4.78 is 15.1. The van der Waals surface area contributed by atoms with Gasteiger partial charge in [-0.2, -0.15) is 0 Å². The minimum absolute atomic E-state index is 0.296. The number of aromatic nitrogens is 2. The molecular formula is C12H14N2O4. The van der Waals surface area contributed by atoms with Gasteiger partial charge in [-0.15, -0.1) is 0 Å². The number of hydrogen-bond acceptors (Lipinski definition) is 6. The van der Waals surface area contributed by atoms with Crippen LogP contribution in [-0.4, -0.2) is 22.9 Å². The zero-order valence-corrected chi connectivity index (χ0v) is 10.7. The van der Waals surface area contributed by atoms with E-state index in [0.717, 1.165) is 0 Å². The van der Waals surface area contributed by atoms with Crippen LogP contribution in [0, 0.1) is 20.8 Å². The van der Waals surface area contributed by atoms with Gasteiger partial charge < -0.3 is 13.8 Å². The number of nitrogens with zero attached hydrogens (tertiary/aromatic N) is 2. The van der Waals surface area contributed by atoms with E-state index in [9.17, 15) is 4.79 Å². The standard InChI is InChI=1S/C12H14N2O4/c1-5-16-12(15)10-8(4)18-14-11(10)9-6(2)13-17-7(9)3/h5H2,1-4H3. The molecule has 96 valence electrons. The molecule has 0 saturated carbocycles. The molecule has 0 aromatic carbocycles. The summed E-state index contributed by atoms with van der Waals surface area (Å²) in [4.78, 5) is 11.9. The van der Waals surface area contributed by atoms with E-state index in [1.54, 1.807) is 27.7 Å². The largest absolute Gasteiger partial charge is 0.462 e. The predicted molar refractivity (Wildman–Crippen MR) is 62.2 cm³/mol. The van der Waals surface area contributed by atoms with E-state index in [0.29, 0.717) is 40.6 Å². The van der Waals surface area contributed by atoms with Gasteiger partial charge in [0.15, 0.2) is 0 Å². The van der Waals surface area contributed by atoms with Crippen molar-refractivity contribution in [2.24, 2.45) is 0 Å². The average molecular weight is 250 g/mol. The lowest BCUT2D eigenvalue weighted by molar-refractivity contribution is 0.0525. The Labute approximate surface area is 104 Å². The van der Waals surface area contributed by atoms with Gasteiger partial charge in [-0.1, -0.05) is 10.3 Å². The summed E-state index contributed by atoms with van der Waals surface area (Å²) in [7, 11) is 0. The smallest absolute Gasteiger partial charge is 0.344 e. The van der Waals surface area contributed by atoms with Gasteiger partial charge in [0.05, 0.1) is 17.9 Å². The SMILES string of the molecule is CCOC(=O)c1c(-c2c(C)noc2C)noc1C. The summed E-state index contributed by atoms with van der Waals surface area (Å²) in [5, 5.41) is 7.75. The van der Waals surface area contributed by atoms with Crippen molar-refractivity contribution in [2.45, 2.75) is 27.7 Å². The highest BCUT2D eigenvalue weighted by molar-refractivity contribution is 5.97. The molecule has 0 bridgehead atoms. The van der Waals surface area contributed by atoms with Crippen molar-refractivity contribution in [2.75, 3.05) is 6.61 Å². The van der Waals surface area contributed by atoms with Crippen LogP contribution in [0.15, 0.2) is 9.05 Å². The van der Waals surface area contributed by atoms with Crippen LogP contribution < -0.4 is 0 Å². The minimum atomic E-state index is -0.453. The highest BCUT2D eigenvalue weighted by atomic mass is 16.5. The number of ether oxygens (including phenoxy) is 1. The van der Waals surface area contributed by atoms with Gasteiger partial charge in [-0.25, -0.2) is 4.79 Å². The number of carbonyl (C=O) groups is 1. The molecule has 0 radical (unpaired) electrons. The zero-order valence-electron chi connectivity index (χ0n) is 10.7. The summed E-state index contributed by atoms with van der Waals surface area (Å²) >= 11 is 0. The normalized spacial score (nSPS) is 10.7. The van der Waals surface area contributed by atoms with Gasteiger partial charge in [-0.3, -0.25) is 0 Å². The third-order valence-corrected chi connectivity index (χ3v) is 2.61. The molecule has 2 heterocycles. The van der Waals surface area contributed by atoms with Crippen molar-refractivity contribution < 1.29 is 18.6 Å². The Morgan fingerprint density at radius 1 is 1.17 bits per heavy atom. The van der Waals surface area contributed by atoms with Crippen LogP contribution in [-0.2, 0) is 4.74 Å². The minimum Gasteiger partial charge on any atom is -0.462 e. The molecule has 0 aliphatic heterocycles. The number of esters is 1. The fraction of sp³-hybridized carbons (Fsp3) is 0.417. The number of hydrogen-bond donors (Lipinski definition) is 0. The Balaban J connectivity index is 2.56. The molecule has 18 heavy (non-hydrogen) atoms. The fourth-order valence-corrected chi connectivity index (χ4v) is 1.81. The molecule has 6 nitrogen and oxygen atoms in total. The molecule has 2 aromatic heterocycles. The van der Waals surface area contributed by atoms with Gasteiger partial charge in [0.25, 0.3) is 0 Å². The molecule has 0 unspecified atom stereocenters. The van der Waals surface area contributed by atoms with Gasteiger partial charge >= 0.3 is 5.97 Å². The lowest BCUT2D eigenvalue weighted by Crippen LogP contribution is -2.07. The Kier molecular flexibility index (Phi) is 3.18. The van der Waals surface area contributed by atoms with E-state index in [4.69, 9.17) is 13.8 Å². The Morgan fingerprint density at radius 2 is 1.83 bits per heavy atom. The third kappa shape index (κ3) is 1.90. The van der Waals surface area contributed by atoms with E-state index >= 15 is 0 Å². The molecule has 0 spiro atoms. The Bertz CT molecular complexity index is 563. The zero-order chi connectivity index (χ0) is 13.3. The monoisotopic (exact) mass is 250 g/mol. The van der Waals surface area contributed by atoms with Crippen molar-refractivity contribution in [3.05, 3.63) is 22.8 Å². The van der Waals surface area contributed by atoms with Crippen molar-refractivity contribution >= 4 is 5.97 Å². The van der Waals surface area contributed by atoms with E-state index in [1.807, 2.05) is 0 Å². The molecule has 0 atom stereocenters. The summed E-state index contributed by atoms with van der Waals surface area (Å²) in [5.74, 6) is 0.557. The van der Waals surface area contributed by atoms with E-state index in [-0.39, 0.29) is 0 Å². The second kappa shape index (κ2) is 4.64. The Hall–Kier alpha value is -2.11. The van der Waals surface area contributed by atoms with Crippen LogP contribution >= 0.6 is 0 Å². The van der Waals surface area contributed by atoms with Crippen LogP contribution in [0.4, 0.5) is 0 Å². The molecular weight excluding hydrogens is 236 g/mol. The lowest BCUT2D eigenvalue weighted by Gasteiger charge is -2.01. The first kappa shape index (κ1) is 12.3. The van der Waals surface area contributed by atoms with Gasteiger partial charge in [-0.05, 0) is 27.7 Å². The summed E-state index contributed by atoms with van der Waals surface area (Å²) in [6, 6.07) is 0. The molecule has 0 saturated heterocycles. The maximum Gasteiger partial charge on any atom is 0.344 e. The fourth-order valence-electron chi connectivity index (χ4n) is 1.81. The molecule has 0 fully saturated rings. The summed E-state index contributed by atoms with van der Waals surface area (Å²) in [5.41, 5.74) is 2.08. The van der Waals surface area contributed by atoms with Gasteiger partial charge in [0.1, 0.15) is 22.8 Å². The average Bonchev–Trinajstić information content (AvgIpc) is 2.83. The van der Waals surface area contributed by atoms with Crippen LogP contribution in [0.3, 0.4) is 0 Å². The maximum atomic E-state index is 11.9. The van der Waals surface area contributed by atoms with Gasteiger partial charge in [0, 0.05) is 0 Å². The first-order chi connectivity index (χ1) is 8.56. The second-order valence-electron chi connectivity index (χ2n) is 3.88. The maximum absolute atomic E-state index is 11.9. The predicted octanol–water partition coefficient (Wildman–Crippen LogP) is 2.43. The van der Waals surface area contributed by atoms with Crippen molar-refractivity contribution in [3.63, 3.8) is 0 Å². The van der Waals surface area contributed by atoms with E-state index in [2.05, 4.69) is 10.3 Å². The molecule has 0 N–H and O–H groups in total. The molecule has 0 aliphatic carbocycles. The quantitative estimate of drug-likeness (QED) is 0.778. The lowest BCUT2D eigenvalue weighted by atomic mass is 10.1. The third-order valence-electron chi connectivity index (χ3n) is 2.61. The highest BCUT2D eigenvalue weighted by Crippen LogP contribution is 2.30. The van der Waals surface area contributed by atoms with Crippen LogP contribution in [0.25, 0.3) is 11.3 Å².